The van der Waals surface area contributed by atoms with Gasteiger partial charge < -0.3 is 10.1 Å². The van der Waals surface area contributed by atoms with E-state index in [2.05, 4.69) is 12.2 Å². The summed E-state index contributed by atoms with van der Waals surface area (Å²) < 4.78 is 6.32. The summed E-state index contributed by atoms with van der Waals surface area (Å²) in [5.74, 6) is 2.09. The molecule has 2 nitrogen and oxygen atoms in total. The Morgan fingerprint density at radius 3 is 2.94 bits per heavy atom. The lowest BCUT2D eigenvalue weighted by Gasteiger charge is -2.39. The van der Waals surface area contributed by atoms with Gasteiger partial charge in [0.1, 0.15) is 11.4 Å². The van der Waals surface area contributed by atoms with Gasteiger partial charge in [-0.05, 0) is 31.7 Å². The van der Waals surface area contributed by atoms with Crippen LogP contribution in [0.3, 0.4) is 0 Å². The molecule has 1 aromatic rings. The quantitative estimate of drug-likeness (QED) is 0.850. The van der Waals surface area contributed by atoms with Crippen molar-refractivity contribution < 1.29 is 4.74 Å². The zero-order valence-electron chi connectivity index (χ0n) is 10.7. The van der Waals surface area contributed by atoms with Crippen molar-refractivity contribution in [3.05, 3.63) is 28.8 Å². The van der Waals surface area contributed by atoms with E-state index in [-0.39, 0.29) is 5.60 Å². The molecular formula is C14H18ClNOS. The number of hydrogen-bond donors (Lipinski definition) is 1. The van der Waals surface area contributed by atoms with E-state index in [0.717, 1.165) is 29.4 Å². The average Bonchev–Trinajstić information content (AvgIpc) is 2.70. The second kappa shape index (κ2) is 4.62. The third kappa shape index (κ3) is 2.13. The molecule has 1 spiro atoms. The fraction of sp³-hybridized carbons (Fsp3) is 0.571. The van der Waals surface area contributed by atoms with Crippen LogP contribution in [0.15, 0.2) is 18.2 Å². The molecule has 98 valence electrons. The molecule has 1 aromatic carbocycles. The largest absolute Gasteiger partial charge is 0.486 e. The van der Waals surface area contributed by atoms with Gasteiger partial charge in [-0.3, -0.25) is 0 Å². The molecule has 0 radical (unpaired) electrons. The van der Waals surface area contributed by atoms with Gasteiger partial charge in [-0.25, -0.2) is 0 Å². The normalized spacial score (nSPS) is 34.4. The third-order valence-electron chi connectivity index (χ3n) is 3.89. The highest BCUT2D eigenvalue weighted by Gasteiger charge is 2.45. The first-order valence-corrected chi connectivity index (χ1v) is 7.82. The van der Waals surface area contributed by atoms with Crippen LogP contribution in [-0.2, 0) is 0 Å². The van der Waals surface area contributed by atoms with Crippen molar-refractivity contribution in [1.82, 2.24) is 5.32 Å². The molecule has 3 atom stereocenters. The Kier molecular flexibility index (Phi) is 3.25. The Balaban J connectivity index is 1.97. The van der Waals surface area contributed by atoms with Crippen molar-refractivity contribution in [3.63, 3.8) is 0 Å². The molecule has 1 N–H and O–H groups in total. The highest BCUT2D eigenvalue weighted by molar-refractivity contribution is 8.00. The van der Waals surface area contributed by atoms with Crippen LogP contribution in [0.2, 0.25) is 5.02 Å². The van der Waals surface area contributed by atoms with Crippen molar-refractivity contribution in [2.45, 2.75) is 36.7 Å². The molecule has 18 heavy (non-hydrogen) atoms. The first-order valence-electron chi connectivity index (χ1n) is 6.39. The number of hydrogen-bond acceptors (Lipinski definition) is 3. The van der Waals surface area contributed by atoms with Gasteiger partial charge >= 0.3 is 0 Å². The molecule has 2 heterocycles. The predicted octanol–water partition coefficient (Wildman–Crippen LogP) is 3.65. The number of halogens is 1. The van der Waals surface area contributed by atoms with E-state index in [0.29, 0.717) is 11.3 Å². The number of rotatable bonds is 1. The average molecular weight is 284 g/mol. The van der Waals surface area contributed by atoms with Crippen LogP contribution >= 0.6 is 23.4 Å². The highest BCUT2D eigenvalue weighted by Crippen LogP contribution is 2.48. The summed E-state index contributed by atoms with van der Waals surface area (Å²) in [4.78, 5) is 0. The number of benzene rings is 1. The van der Waals surface area contributed by atoms with E-state index in [9.17, 15) is 0 Å². The zero-order chi connectivity index (χ0) is 12.8. The van der Waals surface area contributed by atoms with Crippen molar-refractivity contribution in [3.8, 4) is 5.75 Å². The Labute approximate surface area is 117 Å². The van der Waals surface area contributed by atoms with Crippen LogP contribution in [0.5, 0.6) is 5.75 Å². The maximum Gasteiger partial charge on any atom is 0.125 e. The van der Waals surface area contributed by atoms with Gasteiger partial charge in [0.15, 0.2) is 0 Å². The van der Waals surface area contributed by atoms with Crippen LogP contribution in [0.25, 0.3) is 0 Å². The zero-order valence-corrected chi connectivity index (χ0v) is 12.3. The maximum atomic E-state index is 6.32. The van der Waals surface area contributed by atoms with Crippen LogP contribution in [0.1, 0.15) is 31.4 Å². The summed E-state index contributed by atoms with van der Waals surface area (Å²) in [6, 6.07) is 6.29. The molecule has 1 fully saturated rings. The van der Waals surface area contributed by atoms with Gasteiger partial charge in [-0.1, -0.05) is 18.5 Å². The summed E-state index contributed by atoms with van der Waals surface area (Å²) >= 11 is 8.10. The maximum absolute atomic E-state index is 6.32. The summed E-state index contributed by atoms with van der Waals surface area (Å²) in [5.41, 5.74) is 1.21. The summed E-state index contributed by atoms with van der Waals surface area (Å²) in [5, 5.41) is 4.88. The standard InChI is InChI=1S/C14H18ClNOS/c1-9-6-14(8-18-9)7-12(16-2)11-5-10(15)3-4-13(11)17-14/h3-5,9,12,16H,6-8H2,1-2H3. The lowest BCUT2D eigenvalue weighted by atomic mass is 9.85. The van der Waals surface area contributed by atoms with E-state index in [1.54, 1.807) is 0 Å². The van der Waals surface area contributed by atoms with E-state index in [1.165, 1.54) is 5.56 Å². The van der Waals surface area contributed by atoms with Gasteiger partial charge in [0.25, 0.3) is 0 Å². The minimum absolute atomic E-state index is 0.0125. The Bertz CT molecular complexity index is 467. The number of thioether (sulfide) groups is 1. The Morgan fingerprint density at radius 1 is 1.44 bits per heavy atom. The summed E-state index contributed by atoms with van der Waals surface area (Å²) in [7, 11) is 2.01. The lowest BCUT2D eigenvalue weighted by molar-refractivity contribution is 0.0526. The van der Waals surface area contributed by atoms with Crippen LogP contribution in [0.4, 0.5) is 0 Å². The van der Waals surface area contributed by atoms with E-state index >= 15 is 0 Å². The van der Waals surface area contributed by atoms with E-state index in [1.807, 2.05) is 37.0 Å². The second-order valence-electron chi connectivity index (χ2n) is 5.34. The number of nitrogens with one attached hydrogen (secondary N) is 1. The molecule has 0 bridgehead atoms. The fourth-order valence-electron chi connectivity index (χ4n) is 3.05. The molecule has 2 aliphatic rings. The number of fused-ring (bicyclic) bond motifs is 1. The third-order valence-corrected chi connectivity index (χ3v) is 5.55. The van der Waals surface area contributed by atoms with Crippen molar-refractivity contribution in [2.24, 2.45) is 0 Å². The summed E-state index contributed by atoms with van der Waals surface area (Å²) in [6.45, 7) is 2.29. The topological polar surface area (TPSA) is 21.3 Å². The molecule has 0 aromatic heterocycles. The molecule has 3 rings (SSSR count). The minimum Gasteiger partial charge on any atom is -0.486 e. The van der Waals surface area contributed by atoms with Crippen molar-refractivity contribution >= 4 is 23.4 Å². The van der Waals surface area contributed by atoms with Crippen LogP contribution in [-0.4, -0.2) is 23.7 Å². The summed E-state index contributed by atoms with van der Waals surface area (Å²) in [6.07, 6.45) is 2.17. The van der Waals surface area contributed by atoms with E-state index < -0.39 is 0 Å². The molecular weight excluding hydrogens is 266 g/mol. The van der Waals surface area contributed by atoms with Crippen molar-refractivity contribution in [1.29, 1.82) is 0 Å². The molecule has 0 aliphatic carbocycles. The van der Waals surface area contributed by atoms with E-state index in [4.69, 9.17) is 16.3 Å². The molecule has 2 aliphatic heterocycles. The Hall–Kier alpha value is -0.380. The fourth-order valence-corrected chi connectivity index (χ4v) is 4.53. The first-order chi connectivity index (χ1) is 8.62. The van der Waals surface area contributed by atoms with Crippen LogP contribution in [0, 0.1) is 0 Å². The second-order valence-corrected chi connectivity index (χ2v) is 7.20. The van der Waals surface area contributed by atoms with Crippen LogP contribution < -0.4 is 10.1 Å². The SMILES string of the molecule is CNC1CC2(CSC(C)C2)Oc2ccc(Cl)cc21. The monoisotopic (exact) mass is 283 g/mol. The van der Waals surface area contributed by atoms with Crippen molar-refractivity contribution in [2.75, 3.05) is 12.8 Å². The highest BCUT2D eigenvalue weighted by atomic mass is 35.5. The smallest absolute Gasteiger partial charge is 0.125 e. The minimum atomic E-state index is 0.0125. The lowest BCUT2D eigenvalue weighted by Crippen LogP contribution is -2.44. The molecule has 0 saturated carbocycles. The molecule has 4 heteroatoms. The van der Waals surface area contributed by atoms with Gasteiger partial charge in [-0.15, -0.1) is 0 Å². The Morgan fingerprint density at radius 2 is 2.28 bits per heavy atom. The molecule has 1 saturated heterocycles. The van der Waals surface area contributed by atoms with Gasteiger partial charge in [0.05, 0.1) is 0 Å². The van der Waals surface area contributed by atoms with Gasteiger partial charge in [-0.2, -0.15) is 11.8 Å². The first kappa shape index (κ1) is 12.6. The molecule has 3 unspecified atom stereocenters. The van der Waals surface area contributed by atoms with Gasteiger partial charge in [0.2, 0.25) is 0 Å². The number of ether oxygens (including phenoxy) is 1. The predicted molar refractivity (Wildman–Crippen MR) is 77.8 cm³/mol. The molecule has 0 amide bonds. The van der Waals surface area contributed by atoms with Gasteiger partial charge in [0, 0.05) is 34.1 Å².